The third kappa shape index (κ3) is 4.55. The lowest BCUT2D eigenvalue weighted by atomic mass is 10.0. The van der Waals surface area contributed by atoms with Crippen molar-refractivity contribution >= 4 is 29.2 Å². The lowest BCUT2D eigenvalue weighted by molar-refractivity contribution is -0.118. The van der Waals surface area contributed by atoms with Gasteiger partial charge in [-0.05, 0) is 47.5 Å². The van der Waals surface area contributed by atoms with E-state index in [0.29, 0.717) is 24.2 Å². The molecule has 3 aromatic carbocycles. The maximum absolute atomic E-state index is 12.9. The summed E-state index contributed by atoms with van der Waals surface area (Å²) in [5, 5.41) is 10.2. The molecule has 0 bridgehead atoms. The molecule has 29 heavy (non-hydrogen) atoms. The molecule has 6 heteroatoms. The number of rotatable bonds is 5. The number of halogens is 1. The minimum atomic E-state index is -0.291. The Morgan fingerprint density at radius 1 is 0.931 bits per heavy atom. The fraction of sp³-hybridized carbons (Fsp3) is 0.0870. The first kappa shape index (κ1) is 18.6. The van der Waals surface area contributed by atoms with E-state index in [9.17, 15) is 9.18 Å². The van der Waals surface area contributed by atoms with Crippen LogP contribution < -0.4 is 10.4 Å². The third-order valence-electron chi connectivity index (χ3n) is 4.53. The normalized spacial score (nSPS) is 14.2. The molecule has 4 rings (SSSR count). The van der Waals surface area contributed by atoms with Gasteiger partial charge in [0.15, 0.2) is 0 Å². The van der Waals surface area contributed by atoms with Crippen molar-refractivity contribution in [2.24, 2.45) is 10.2 Å². The summed E-state index contributed by atoms with van der Waals surface area (Å²) in [4.78, 5) is 12.4. The Kier molecular flexibility index (Phi) is 5.42. The monoisotopic (exact) mass is 386 g/mol. The van der Waals surface area contributed by atoms with Gasteiger partial charge in [0.1, 0.15) is 5.82 Å². The summed E-state index contributed by atoms with van der Waals surface area (Å²) in [6.07, 6.45) is 2.72. The van der Waals surface area contributed by atoms with Crippen LogP contribution in [0.1, 0.15) is 24.0 Å². The van der Waals surface area contributed by atoms with Gasteiger partial charge in [-0.15, -0.1) is 0 Å². The minimum Gasteiger partial charge on any atom is -0.279 e. The number of carbonyl (C=O) groups excluding carboxylic acids is 1. The van der Waals surface area contributed by atoms with Gasteiger partial charge in [0.05, 0.1) is 23.3 Å². The van der Waals surface area contributed by atoms with E-state index in [2.05, 4.69) is 15.6 Å². The van der Waals surface area contributed by atoms with Gasteiger partial charge in [-0.25, -0.2) is 9.40 Å². The Labute approximate surface area is 168 Å². The van der Waals surface area contributed by atoms with Crippen LogP contribution in [0, 0.1) is 5.82 Å². The Balaban J connectivity index is 1.47. The van der Waals surface area contributed by atoms with Crippen molar-refractivity contribution in [3.63, 3.8) is 0 Å². The maximum atomic E-state index is 12.9. The predicted octanol–water partition coefficient (Wildman–Crippen LogP) is 4.80. The van der Waals surface area contributed by atoms with E-state index < -0.39 is 0 Å². The topological polar surface area (TPSA) is 57.1 Å². The summed E-state index contributed by atoms with van der Waals surface area (Å²) in [5.74, 6) is -0.315. The van der Waals surface area contributed by atoms with Crippen LogP contribution in [-0.2, 0) is 4.79 Å². The average molecular weight is 386 g/mol. The molecule has 1 amide bonds. The van der Waals surface area contributed by atoms with E-state index in [1.54, 1.807) is 18.3 Å². The zero-order valence-electron chi connectivity index (χ0n) is 15.6. The predicted molar refractivity (Wildman–Crippen MR) is 114 cm³/mol. The van der Waals surface area contributed by atoms with Gasteiger partial charge in [0.2, 0.25) is 5.91 Å². The molecule has 0 aliphatic carbocycles. The molecule has 1 aliphatic rings. The molecule has 0 unspecified atom stereocenters. The molecule has 0 spiro atoms. The number of hydrogen-bond donors (Lipinski definition) is 1. The first-order valence-electron chi connectivity index (χ1n) is 9.29. The highest BCUT2D eigenvalue weighted by atomic mass is 19.1. The first-order chi connectivity index (χ1) is 14.2. The van der Waals surface area contributed by atoms with E-state index >= 15 is 0 Å². The molecule has 0 atom stereocenters. The second-order valence-electron chi connectivity index (χ2n) is 6.59. The second-order valence-corrected chi connectivity index (χ2v) is 6.59. The quantitative estimate of drug-likeness (QED) is 0.506. The largest absolute Gasteiger partial charge is 0.279 e. The number of amides is 1. The lowest BCUT2D eigenvalue weighted by Crippen LogP contribution is -2.31. The molecule has 144 valence electrons. The molecule has 3 aromatic rings. The fourth-order valence-corrected chi connectivity index (χ4v) is 3.00. The zero-order chi connectivity index (χ0) is 20.1. The molecule has 1 heterocycles. The van der Waals surface area contributed by atoms with Crippen LogP contribution in [0.3, 0.4) is 0 Å². The van der Waals surface area contributed by atoms with Gasteiger partial charge in [0.25, 0.3) is 0 Å². The van der Waals surface area contributed by atoms with Crippen LogP contribution in [0.15, 0.2) is 89.1 Å². The van der Waals surface area contributed by atoms with Crippen molar-refractivity contribution in [2.75, 3.05) is 10.4 Å². The molecule has 0 fully saturated rings. The summed E-state index contributed by atoms with van der Waals surface area (Å²) >= 11 is 0. The highest BCUT2D eigenvalue weighted by molar-refractivity contribution is 6.08. The zero-order valence-corrected chi connectivity index (χ0v) is 15.6. The van der Waals surface area contributed by atoms with Crippen LogP contribution in [0.4, 0.5) is 15.8 Å². The van der Waals surface area contributed by atoms with Crippen molar-refractivity contribution < 1.29 is 9.18 Å². The third-order valence-corrected chi connectivity index (χ3v) is 4.53. The molecular weight excluding hydrogens is 367 g/mol. The molecule has 5 nitrogen and oxygen atoms in total. The highest BCUT2D eigenvalue weighted by Crippen LogP contribution is 2.22. The number of carbonyl (C=O) groups is 1. The smallest absolute Gasteiger partial charge is 0.247 e. The SMILES string of the molecule is O=C1CCC(c2ccccc2)=NN1c1ccc(C=NNc2ccc(F)cc2)cc1. The number of hydrogen-bond acceptors (Lipinski definition) is 4. The van der Waals surface area contributed by atoms with Crippen LogP contribution >= 0.6 is 0 Å². The van der Waals surface area contributed by atoms with Crippen LogP contribution in [-0.4, -0.2) is 17.8 Å². The van der Waals surface area contributed by atoms with Crippen molar-refractivity contribution in [1.82, 2.24) is 0 Å². The first-order valence-corrected chi connectivity index (χ1v) is 9.29. The second kappa shape index (κ2) is 8.48. The molecule has 0 saturated heterocycles. The lowest BCUT2D eigenvalue weighted by Gasteiger charge is -2.23. The van der Waals surface area contributed by atoms with E-state index in [-0.39, 0.29) is 11.7 Å². The van der Waals surface area contributed by atoms with Gasteiger partial charge in [0, 0.05) is 12.8 Å². The minimum absolute atomic E-state index is 0.0240. The highest BCUT2D eigenvalue weighted by Gasteiger charge is 2.22. The number of hydrazone groups is 2. The summed E-state index contributed by atoms with van der Waals surface area (Å²) in [6.45, 7) is 0. The van der Waals surface area contributed by atoms with Crippen molar-refractivity contribution in [3.8, 4) is 0 Å². The van der Waals surface area contributed by atoms with E-state index in [4.69, 9.17) is 0 Å². The standard InChI is InChI=1S/C23H19FN4O/c24-19-8-10-20(11-9-19)26-25-16-17-6-12-21(13-7-17)28-23(29)15-14-22(27-28)18-4-2-1-3-5-18/h1-13,16,26H,14-15H2. The summed E-state index contributed by atoms with van der Waals surface area (Å²) < 4.78 is 12.9. The van der Waals surface area contributed by atoms with Crippen molar-refractivity contribution in [3.05, 3.63) is 95.8 Å². The van der Waals surface area contributed by atoms with Crippen LogP contribution in [0.2, 0.25) is 0 Å². The van der Waals surface area contributed by atoms with E-state index in [1.165, 1.54) is 17.1 Å². The van der Waals surface area contributed by atoms with Gasteiger partial charge in [-0.1, -0.05) is 42.5 Å². The molecule has 1 N–H and O–H groups in total. The number of benzene rings is 3. The maximum Gasteiger partial charge on any atom is 0.247 e. The van der Waals surface area contributed by atoms with Gasteiger partial charge >= 0.3 is 0 Å². The van der Waals surface area contributed by atoms with Crippen molar-refractivity contribution in [2.45, 2.75) is 12.8 Å². The summed E-state index contributed by atoms with van der Waals surface area (Å²) in [6, 6.07) is 23.3. The number of nitrogens with one attached hydrogen (secondary N) is 1. The Bertz CT molecular complexity index is 1040. The van der Waals surface area contributed by atoms with Gasteiger partial charge in [-0.3, -0.25) is 10.2 Å². The van der Waals surface area contributed by atoms with Gasteiger partial charge in [-0.2, -0.15) is 10.2 Å². The molecular formula is C23H19FN4O. The van der Waals surface area contributed by atoms with E-state index in [0.717, 1.165) is 16.8 Å². The van der Waals surface area contributed by atoms with Crippen LogP contribution in [0.25, 0.3) is 0 Å². The number of nitrogens with zero attached hydrogens (tertiary/aromatic N) is 3. The Morgan fingerprint density at radius 2 is 1.66 bits per heavy atom. The molecule has 1 aliphatic heterocycles. The molecule has 0 aromatic heterocycles. The molecule has 0 saturated carbocycles. The summed E-state index contributed by atoms with van der Waals surface area (Å²) in [7, 11) is 0. The van der Waals surface area contributed by atoms with Gasteiger partial charge < -0.3 is 0 Å². The Hall–Kier alpha value is -3.80. The summed E-state index contributed by atoms with van der Waals surface area (Å²) in [5.41, 5.74) is 7.05. The fourth-order valence-electron chi connectivity index (χ4n) is 3.00. The van der Waals surface area contributed by atoms with E-state index in [1.807, 2.05) is 54.6 Å². The number of anilines is 2. The Morgan fingerprint density at radius 3 is 2.38 bits per heavy atom. The molecule has 0 radical (unpaired) electrons. The average Bonchev–Trinajstić information content (AvgIpc) is 2.77. The van der Waals surface area contributed by atoms with Crippen LogP contribution in [0.5, 0.6) is 0 Å². The van der Waals surface area contributed by atoms with Crippen molar-refractivity contribution in [1.29, 1.82) is 0 Å².